The molecule has 0 fully saturated rings. The molecule has 0 heterocycles. The first kappa shape index (κ1) is 24.1. The monoisotopic (exact) mass is 332 g/mol. The summed E-state index contributed by atoms with van der Waals surface area (Å²) in [7, 11) is 9.06. The number of rotatable bonds is 11. The summed E-state index contributed by atoms with van der Waals surface area (Å²) >= 11 is 0. The van der Waals surface area contributed by atoms with Gasteiger partial charge in [0.1, 0.15) is 12.6 Å². The van der Waals surface area contributed by atoms with Crippen LogP contribution in [0.5, 0.6) is 0 Å². The third-order valence-corrected chi connectivity index (χ3v) is 3.34. The molecule has 0 aromatic heterocycles. The Morgan fingerprint density at radius 2 is 1.52 bits per heavy atom. The molecule has 0 amide bonds. The van der Waals surface area contributed by atoms with Gasteiger partial charge in [-0.1, -0.05) is 45.4 Å². The lowest BCUT2D eigenvalue weighted by Gasteiger charge is -2.23. The Morgan fingerprint density at radius 1 is 1.04 bits per heavy atom. The quantitative estimate of drug-likeness (QED) is 0.454. The molecule has 0 radical (unpaired) electrons. The maximum atomic E-state index is 10.9. The van der Waals surface area contributed by atoms with Gasteiger partial charge in [0.25, 0.3) is 0 Å². The highest BCUT2D eigenvalue weighted by Gasteiger charge is 2.18. The number of quaternary nitrogens is 1. The lowest BCUT2D eigenvalue weighted by molar-refractivity contribution is -0.864. The molecule has 0 aromatic rings. The second kappa shape index (κ2) is 13.3. The normalized spacial score (nSPS) is 12.5. The summed E-state index contributed by atoms with van der Waals surface area (Å²) < 4.78 is 0.419. The maximum absolute atomic E-state index is 10.9. The van der Waals surface area contributed by atoms with Gasteiger partial charge < -0.3 is 19.5 Å². The fourth-order valence-corrected chi connectivity index (χ4v) is 2.11. The van der Waals surface area contributed by atoms with Gasteiger partial charge in [0.05, 0.1) is 27.1 Å². The van der Waals surface area contributed by atoms with Crippen LogP contribution in [0, 0.1) is 0 Å². The zero-order valence-electron chi connectivity index (χ0n) is 15.8. The summed E-state index contributed by atoms with van der Waals surface area (Å²) in [4.78, 5) is 22.5. The number of nitrogens with zero attached hydrogens (tertiary/aromatic N) is 2. The van der Waals surface area contributed by atoms with Crippen molar-refractivity contribution in [3.63, 3.8) is 0 Å². The molecule has 0 saturated heterocycles. The summed E-state index contributed by atoms with van der Waals surface area (Å²) in [6.07, 6.45) is 8.06. The molecular formula is C17H36N2O4. The van der Waals surface area contributed by atoms with Crippen molar-refractivity contribution in [3.05, 3.63) is 0 Å². The van der Waals surface area contributed by atoms with Gasteiger partial charge in [-0.25, -0.2) is 0 Å². The average Bonchev–Trinajstić information content (AvgIpc) is 2.34. The van der Waals surface area contributed by atoms with Crippen molar-refractivity contribution in [1.29, 1.82) is 0 Å². The summed E-state index contributed by atoms with van der Waals surface area (Å²) in [6, 6.07) is -0.309. The van der Waals surface area contributed by atoms with Gasteiger partial charge >= 0.3 is 5.97 Å². The molecular weight excluding hydrogens is 296 g/mol. The minimum Gasteiger partial charge on any atom is -0.544 e. The van der Waals surface area contributed by atoms with Crippen LogP contribution in [0.1, 0.15) is 51.9 Å². The van der Waals surface area contributed by atoms with Gasteiger partial charge in [0.15, 0.2) is 0 Å². The number of hydrogen-bond acceptors (Lipinski definition) is 4. The second-order valence-electron chi connectivity index (χ2n) is 7.19. The molecule has 1 N–H and O–H groups in total. The van der Waals surface area contributed by atoms with E-state index in [1.807, 2.05) is 14.1 Å². The predicted octanol–water partition coefficient (Wildman–Crippen LogP) is 1.19. The van der Waals surface area contributed by atoms with E-state index in [-0.39, 0.29) is 12.6 Å². The standard InChI is InChI=1S/C12H25NO2.C5H11NO2/c1-4-5-6-7-8-9-10-11(12(14)15)13(2)3;1-6(2,3)4-5(7)8/h11H,4-10H2,1-3H3,(H,14,15);4H2,1-3H3. The lowest BCUT2D eigenvalue weighted by Crippen LogP contribution is -2.45. The van der Waals surface area contributed by atoms with Crippen molar-refractivity contribution in [2.45, 2.75) is 57.9 Å². The van der Waals surface area contributed by atoms with E-state index >= 15 is 0 Å². The van der Waals surface area contributed by atoms with Crippen molar-refractivity contribution in [1.82, 2.24) is 4.90 Å². The number of hydrogen-bond donors (Lipinski definition) is 1. The Labute approximate surface area is 141 Å². The van der Waals surface area contributed by atoms with Gasteiger partial charge in [0.2, 0.25) is 0 Å². The predicted molar refractivity (Wildman–Crippen MR) is 91.0 cm³/mol. The topological polar surface area (TPSA) is 80.7 Å². The summed E-state index contributed by atoms with van der Waals surface area (Å²) in [5.74, 6) is -1.70. The first-order chi connectivity index (χ1) is 10.5. The van der Waals surface area contributed by atoms with Crippen LogP contribution in [0.25, 0.3) is 0 Å². The van der Waals surface area contributed by atoms with Gasteiger partial charge in [0, 0.05) is 0 Å². The van der Waals surface area contributed by atoms with E-state index < -0.39 is 11.9 Å². The molecule has 0 saturated carbocycles. The van der Waals surface area contributed by atoms with Crippen molar-refractivity contribution >= 4 is 11.9 Å². The highest BCUT2D eigenvalue weighted by atomic mass is 16.4. The fourth-order valence-electron chi connectivity index (χ4n) is 2.11. The zero-order chi connectivity index (χ0) is 18.5. The highest BCUT2D eigenvalue weighted by molar-refractivity contribution is 5.73. The van der Waals surface area contributed by atoms with Crippen LogP contribution in [0.4, 0.5) is 0 Å². The minimum atomic E-state index is -1.00. The van der Waals surface area contributed by atoms with Crippen LogP contribution in [0.3, 0.4) is 0 Å². The van der Waals surface area contributed by atoms with Crippen LogP contribution in [0.15, 0.2) is 0 Å². The van der Waals surface area contributed by atoms with Crippen LogP contribution in [0.2, 0.25) is 0 Å². The second-order valence-corrected chi connectivity index (χ2v) is 7.19. The first-order valence-corrected chi connectivity index (χ1v) is 8.40. The fraction of sp³-hybridized carbons (Fsp3) is 0.882. The Bertz CT molecular complexity index is 325. The molecule has 6 heteroatoms. The Balaban J connectivity index is 0. The molecule has 138 valence electrons. The molecule has 0 aliphatic heterocycles. The van der Waals surface area contributed by atoms with Gasteiger partial charge in [-0.2, -0.15) is 0 Å². The van der Waals surface area contributed by atoms with Crippen LogP contribution in [-0.2, 0) is 9.59 Å². The summed E-state index contributed by atoms with van der Waals surface area (Å²) in [5, 5.41) is 18.8. The maximum Gasteiger partial charge on any atom is 0.320 e. The average molecular weight is 332 g/mol. The molecule has 23 heavy (non-hydrogen) atoms. The third-order valence-electron chi connectivity index (χ3n) is 3.34. The van der Waals surface area contributed by atoms with Gasteiger partial charge in [-0.3, -0.25) is 9.69 Å². The molecule has 6 nitrogen and oxygen atoms in total. The van der Waals surface area contributed by atoms with Crippen molar-refractivity contribution in [3.8, 4) is 0 Å². The Kier molecular flexibility index (Phi) is 14.0. The van der Waals surface area contributed by atoms with Crippen molar-refractivity contribution < 1.29 is 24.3 Å². The lowest BCUT2D eigenvalue weighted by atomic mass is 10.1. The van der Waals surface area contributed by atoms with Gasteiger partial charge in [-0.15, -0.1) is 0 Å². The number of carbonyl (C=O) groups excluding carboxylic acids is 1. The van der Waals surface area contributed by atoms with Crippen LogP contribution >= 0.6 is 0 Å². The first-order valence-electron chi connectivity index (χ1n) is 8.40. The van der Waals surface area contributed by atoms with E-state index in [1.165, 1.54) is 25.7 Å². The van der Waals surface area contributed by atoms with E-state index in [0.29, 0.717) is 4.48 Å². The molecule has 1 unspecified atom stereocenters. The summed E-state index contributed by atoms with van der Waals surface area (Å²) in [5.41, 5.74) is 0. The molecule has 0 aliphatic rings. The number of carbonyl (C=O) groups is 2. The summed E-state index contributed by atoms with van der Waals surface area (Å²) in [6.45, 7) is 2.27. The number of carboxylic acid groups (broad SMARTS) is 2. The Hall–Kier alpha value is -1.14. The molecule has 0 rings (SSSR count). The van der Waals surface area contributed by atoms with Crippen molar-refractivity contribution in [2.75, 3.05) is 41.8 Å². The van der Waals surface area contributed by atoms with Crippen LogP contribution in [-0.4, -0.2) is 74.3 Å². The van der Waals surface area contributed by atoms with E-state index in [9.17, 15) is 14.7 Å². The molecule has 0 aliphatic carbocycles. The van der Waals surface area contributed by atoms with E-state index in [1.54, 1.807) is 26.0 Å². The molecule has 1 atom stereocenters. The third kappa shape index (κ3) is 18.8. The Morgan fingerprint density at radius 3 is 1.83 bits per heavy atom. The van der Waals surface area contributed by atoms with Gasteiger partial charge in [-0.05, 0) is 20.5 Å². The van der Waals surface area contributed by atoms with Crippen LogP contribution < -0.4 is 5.11 Å². The van der Waals surface area contributed by atoms with E-state index in [2.05, 4.69) is 6.92 Å². The number of likely N-dealkylation sites (N-methyl/N-ethyl adjacent to an activating group) is 2. The largest absolute Gasteiger partial charge is 0.544 e. The molecule has 0 bridgehead atoms. The van der Waals surface area contributed by atoms with Crippen molar-refractivity contribution in [2.24, 2.45) is 0 Å². The zero-order valence-corrected chi connectivity index (χ0v) is 15.8. The highest BCUT2D eigenvalue weighted by Crippen LogP contribution is 2.10. The number of aliphatic carboxylic acids is 2. The number of carboxylic acids is 2. The SMILES string of the molecule is CCCCCCCCC(C(=O)O)N(C)C.C[N+](C)(C)CC(=O)[O-]. The molecule has 0 spiro atoms. The molecule has 0 aromatic carbocycles. The van der Waals surface area contributed by atoms with E-state index in [0.717, 1.165) is 19.3 Å². The number of unbranched alkanes of at least 4 members (excludes halogenated alkanes) is 5. The smallest absolute Gasteiger partial charge is 0.320 e. The minimum absolute atomic E-state index is 0.0694. The van der Waals surface area contributed by atoms with E-state index in [4.69, 9.17) is 5.11 Å².